The van der Waals surface area contributed by atoms with Crippen molar-refractivity contribution in [2.75, 3.05) is 7.11 Å². The molecule has 2 heterocycles. The maximum absolute atomic E-state index is 13.4. The fraction of sp³-hybridized carbons (Fsp3) is 0.240. The van der Waals surface area contributed by atoms with E-state index >= 15 is 0 Å². The molecular weight excluding hydrogens is 448 g/mol. The van der Waals surface area contributed by atoms with Crippen LogP contribution >= 0.6 is 0 Å². The van der Waals surface area contributed by atoms with Crippen LogP contribution in [0.2, 0.25) is 0 Å². The van der Waals surface area contributed by atoms with E-state index in [1.807, 2.05) is 0 Å². The largest absolute Gasteiger partial charge is 0.586 e. The maximum atomic E-state index is 13.4. The fourth-order valence-electron chi connectivity index (χ4n) is 4.19. The monoisotopic (exact) mass is 467 g/mol. The normalized spacial score (nSPS) is 16.7. The first-order chi connectivity index (χ1) is 16.2. The Morgan fingerprint density at radius 3 is 2.53 bits per heavy atom. The van der Waals surface area contributed by atoms with Crippen LogP contribution in [0.4, 0.5) is 8.78 Å². The molecule has 1 aliphatic heterocycles. The van der Waals surface area contributed by atoms with Crippen molar-refractivity contribution in [2.24, 2.45) is 0 Å². The highest BCUT2D eigenvalue weighted by Gasteiger charge is 2.52. The Labute approximate surface area is 192 Å². The summed E-state index contributed by atoms with van der Waals surface area (Å²) < 4.78 is 41.1. The van der Waals surface area contributed by atoms with E-state index < -0.39 is 17.7 Å². The van der Waals surface area contributed by atoms with E-state index in [4.69, 9.17) is 4.74 Å². The summed E-state index contributed by atoms with van der Waals surface area (Å²) in [5.74, 6) is -0.881. The second-order valence-electron chi connectivity index (χ2n) is 8.25. The molecule has 1 aliphatic carbocycles. The summed E-state index contributed by atoms with van der Waals surface area (Å²) in [7, 11) is 1.48. The fourth-order valence-corrected chi connectivity index (χ4v) is 4.19. The van der Waals surface area contributed by atoms with Crippen molar-refractivity contribution < 1.29 is 37.7 Å². The van der Waals surface area contributed by atoms with Gasteiger partial charge in [0.15, 0.2) is 11.5 Å². The quantitative estimate of drug-likeness (QED) is 0.542. The predicted octanol–water partition coefficient (Wildman–Crippen LogP) is 4.62. The Morgan fingerprint density at radius 1 is 1.06 bits per heavy atom. The average Bonchev–Trinajstić information content (AvgIpc) is 3.56. The standard InChI is InChI=1S/C25H19F2NO6/c1-32-19-8-6-17(28-22(19)14-3-2-4-15(11-14)23(30)31)13-21(29)24(9-10-24)16-5-7-18-20(12-16)34-25(26,27)33-18/h2-8,11-12H,9-10,13H2,1H3,(H,30,31). The number of aromatic nitrogens is 1. The number of methoxy groups -OCH3 is 1. The van der Waals surface area contributed by atoms with Crippen LogP contribution < -0.4 is 14.2 Å². The number of halogens is 2. The maximum Gasteiger partial charge on any atom is 0.586 e. The number of nitrogens with zero attached hydrogens (tertiary/aromatic N) is 1. The summed E-state index contributed by atoms with van der Waals surface area (Å²) in [6, 6.07) is 14.1. The van der Waals surface area contributed by atoms with Gasteiger partial charge in [0.05, 0.1) is 18.1 Å². The predicted molar refractivity (Wildman–Crippen MR) is 115 cm³/mol. The van der Waals surface area contributed by atoms with Crippen molar-refractivity contribution >= 4 is 11.8 Å². The Balaban J connectivity index is 1.42. The first-order valence-electron chi connectivity index (χ1n) is 10.5. The topological polar surface area (TPSA) is 95.0 Å². The van der Waals surface area contributed by atoms with Crippen LogP contribution in [0.3, 0.4) is 0 Å². The van der Waals surface area contributed by atoms with Crippen LogP contribution in [0, 0.1) is 0 Å². The number of carboxylic acid groups (broad SMARTS) is 1. The molecule has 0 unspecified atom stereocenters. The zero-order valence-corrected chi connectivity index (χ0v) is 18.0. The molecule has 0 saturated heterocycles. The van der Waals surface area contributed by atoms with Crippen molar-refractivity contribution in [3.63, 3.8) is 0 Å². The number of fused-ring (bicyclic) bond motifs is 1. The zero-order valence-electron chi connectivity index (χ0n) is 18.0. The lowest BCUT2D eigenvalue weighted by Crippen LogP contribution is -2.26. The van der Waals surface area contributed by atoms with Crippen LogP contribution in [0.15, 0.2) is 54.6 Å². The summed E-state index contributed by atoms with van der Waals surface area (Å²) in [6.07, 6.45) is -2.53. The van der Waals surface area contributed by atoms with Crippen LogP contribution in [0.25, 0.3) is 11.3 Å². The summed E-state index contributed by atoms with van der Waals surface area (Å²) in [5.41, 5.74) is 1.37. The van der Waals surface area contributed by atoms with E-state index in [-0.39, 0.29) is 29.3 Å². The number of carbonyl (C=O) groups is 2. The number of carbonyl (C=O) groups excluding carboxylic acids is 1. The number of hydrogen-bond donors (Lipinski definition) is 1. The van der Waals surface area contributed by atoms with Gasteiger partial charge in [-0.05, 0) is 54.8 Å². The lowest BCUT2D eigenvalue weighted by molar-refractivity contribution is -0.286. The van der Waals surface area contributed by atoms with Gasteiger partial charge >= 0.3 is 12.3 Å². The number of carboxylic acids is 1. The molecule has 1 aromatic heterocycles. The Bertz CT molecular complexity index is 1320. The van der Waals surface area contributed by atoms with Crippen molar-refractivity contribution in [1.29, 1.82) is 0 Å². The molecular formula is C25H19F2NO6. The van der Waals surface area contributed by atoms with Gasteiger partial charge in [-0.2, -0.15) is 0 Å². The number of Topliss-reactive ketones (excluding diaryl/α,β-unsaturated/α-hetero) is 1. The van der Waals surface area contributed by atoms with Crippen LogP contribution in [0.1, 0.15) is 34.5 Å². The Hall–Kier alpha value is -4.01. The second kappa shape index (κ2) is 7.79. The number of alkyl halides is 2. The molecule has 0 spiro atoms. The molecule has 174 valence electrons. The summed E-state index contributed by atoms with van der Waals surface area (Å²) in [6.45, 7) is 0. The van der Waals surface area contributed by atoms with Crippen LogP contribution in [0.5, 0.6) is 17.2 Å². The molecule has 9 heteroatoms. The summed E-state index contributed by atoms with van der Waals surface area (Å²) in [5, 5.41) is 9.29. The van der Waals surface area contributed by atoms with Crippen molar-refractivity contribution in [2.45, 2.75) is 31.0 Å². The van der Waals surface area contributed by atoms with Gasteiger partial charge in [0.2, 0.25) is 0 Å². The van der Waals surface area contributed by atoms with Gasteiger partial charge < -0.3 is 19.3 Å². The van der Waals surface area contributed by atoms with E-state index in [9.17, 15) is 23.5 Å². The molecule has 3 aromatic rings. The minimum atomic E-state index is -3.72. The highest BCUT2D eigenvalue weighted by atomic mass is 19.3. The minimum Gasteiger partial charge on any atom is -0.494 e. The van der Waals surface area contributed by atoms with Gasteiger partial charge in [-0.15, -0.1) is 8.78 Å². The molecule has 2 aromatic carbocycles. The number of hydrogen-bond acceptors (Lipinski definition) is 6. The molecule has 0 bridgehead atoms. The van der Waals surface area contributed by atoms with E-state index in [0.717, 1.165) is 0 Å². The molecule has 0 amide bonds. The zero-order chi connectivity index (χ0) is 24.1. The summed E-state index contributed by atoms with van der Waals surface area (Å²) in [4.78, 5) is 29.2. The third-order valence-corrected chi connectivity index (χ3v) is 6.10. The lowest BCUT2D eigenvalue weighted by atomic mass is 9.88. The van der Waals surface area contributed by atoms with Gasteiger partial charge in [0, 0.05) is 17.7 Å². The Morgan fingerprint density at radius 2 is 1.82 bits per heavy atom. The van der Waals surface area contributed by atoms with Crippen molar-refractivity contribution in [1.82, 2.24) is 4.98 Å². The smallest absolute Gasteiger partial charge is 0.494 e. The van der Waals surface area contributed by atoms with Gasteiger partial charge in [-0.1, -0.05) is 18.2 Å². The molecule has 34 heavy (non-hydrogen) atoms. The number of ether oxygens (including phenoxy) is 3. The molecule has 0 atom stereocenters. The molecule has 5 rings (SSSR count). The number of pyridine rings is 1. The highest BCUT2D eigenvalue weighted by molar-refractivity contribution is 5.95. The molecule has 7 nitrogen and oxygen atoms in total. The van der Waals surface area contributed by atoms with E-state index in [1.54, 1.807) is 30.3 Å². The van der Waals surface area contributed by atoms with Gasteiger partial charge in [-0.25, -0.2) is 9.78 Å². The number of rotatable bonds is 7. The summed E-state index contributed by atoms with van der Waals surface area (Å²) >= 11 is 0. The first-order valence-corrected chi connectivity index (χ1v) is 10.5. The van der Waals surface area contributed by atoms with Crippen molar-refractivity contribution in [3.05, 3.63) is 71.4 Å². The van der Waals surface area contributed by atoms with E-state index in [1.165, 1.54) is 31.4 Å². The van der Waals surface area contributed by atoms with Crippen molar-refractivity contribution in [3.8, 4) is 28.5 Å². The lowest BCUT2D eigenvalue weighted by Gasteiger charge is -2.16. The third kappa shape index (κ3) is 3.83. The number of ketones is 1. The number of benzene rings is 2. The SMILES string of the molecule is COc1ccc(CC(=O)C2(c3ccc4c(c3)OC(F)(F)O4)CC2)nc1-c1cccc(C(=O)O)c1. The molecule has 2 aliphatic rings. The average molecular weight is 467 g/mol. The van der Waals surface area contributed by atoms with Gasteiger partial charge in [0.1, 0.15) is 17.2 Å². The van der Waals surface area contributed by atoms with Crippen LogP contribution in [-0.2, 0) is 16.6 Å². The number of aromatic carboxylic acids is 1. The van der Waals surface area contributed by atoms with Crippen LogP contribution in [-0.4, -0.2) is 35.2 Å². The highest BCUT2D eigenvalue weighted by Crippen LogP contribution is 2.52. The molecule has 1 saturated carbocycles. The first kappa shape index (κ1) is 21.8. The minimum absolute atomic E-state index is 0.0141. The Kier molecular flexibility index (Phi) is 5.00. The van der Waals surface area contributed by atoms with E-state index in [0.29, 0.717) is 41.1 Å². The second-order valence-corrected chi connectivity index (χ2v) is 8.25. The third-order valence-electron chi connectivity index (χ3n) is 6.10. The van der Waals surface area contributed by atoms with Gasteiger partial charge in [0.25, 0.3) is 0 Å². The molecule has 1 fully saturated rings. The molecule has 0 radical (unpaired) electrons. The van der Waals surface area contributed by atoms with E-state index in [2.05, 4.69) is 14.5 Å². The molecule has 1 N–H and O–H groups in total. The van der Waals surface area contributed by atoms with Gasteiger partial charge in [-0.3, -0.25) is 4.79 Å².